The van der Waals surface area contributed by atoms with Gasteiger partial charge in [0.25, 0.3) is 0 Å². The molecule has 67 heavy (non-hydrogen) atoms. The number of anilines is 1. The molecule has 0 aromatic heterocycles. The Balaban J connectivity index is 1.41. The Morgan fingerprint density at radius 3 is 2.45 bits per heavy atom. The summed E-state index contributed by atoms with van der Waals surface area (Å²) in [6, 6.07) is 19.9. The van der Waals surface area contributed by atoms with Gasteiger partial charge in [0.05, 0.1) is 35.8 Å². The lowest BCUT2D eigenvalue weighted by Gasteiger charge is -2.59. The summed E-state index contributed by atoms with van der Waals surface area (Å²) >= 11 is 0. The number of hydrogen-bond acceptors (Lipinski definition) is 12. The van der Waals surface area contributed by atoms with E-state index in [-0.39, 0.29) is 62.0 Å². The molecule has 4 aliphatic rings. The Labute approximate surface area is 394 Å². The van der Waals surface area contributed by atoms with E-state index in [2.05, 4.69) is 23.3 Å². The summed E-state index contributed by atoms with van der Waals surface area (Å²) in [4.78, 5) is 31.5. The van der Waals surface area contributed by atoms with Gasteiger partial charge in [-0.25, -0.2) is 13.2 Å². The van der Waals surface area contributed by atoms with E-state index in [1.807, 2.05) is 43.3 Å². The number of benzene rings is 3. The average Bonchev–Trinajstić information content (AvgIpc) is 3.33. The Bertz CT molecular complexity index is 2320. The summed E-state index contributed by atoms with van der Waals surface area (Å²) in [6.45, 7) is 8.30. The molecular weight excluding hydrogens is 877 g/mol. The maximum absolute atomic E-state index is 15.3. The van der Waals surface area contributed by atoms with Crippen LogP contribution in [-0.4, -0.2) is 91.7 Å². The molecule has 0 radical (unpaired) electrons. The van der Waals surface area contributed by atoms with Crippen LogP contribution in [0.15, 0.2) is 107 Å². The lowest BCUT2D eigenvalue weighted by Crippen LogP contribution is -2.70. The van der Waals surface area contributed by atoms with Gasteiger partial charge in [-0.3, -0.25) is 4.79 Å². The van der Waals surface area contributed by atoms with Crippen molar-refractivity contribution in [1.82, 2.24) is 9.62 Å². The number of unbranched alkanes of at least 4 members (excludes halogenated alkanes) is 2. The fourth-order valence-corrected chi connectivity index (χ4v) is 12.0. The molecule has 3 aromatic rings. The van der Waals surface area contributed by atoms with Crippen molar-refractivity contribution in [2.45, 2.75) is 120 Å². The predicted octanol–water partition coefficient (Wildman–Crippen LogP) is 8.19. The number of rotatable bonds is 22. The molecule has 7 unspecified atom stereocenters. The fourth-order valence-electron chi connectivity index (χ4n) is 10.2. The van der Waals surface area contributed by atoms with Crippen LogP contribution in [0.5, 0.6) is 11.5 Å². The largest absolute Gasteiger partial charge is 0.460 e. The SMILES string of the molecule is C=CCOC12Oc3ccc(OC(=O)NCc4ccccc4)cc3C3C(CCCCO)C(CCCCO)C=C(C(=NOC4CCCCO4)CC1N(CCC)S(=O)(=O)c1ccc(NC(C)=O)cc1)C32. The number of nitrogens with zero attached hydrogens (tertiary/aromatic N) is 2. The van der Waals surface area contributed by atoms with E-state index in [1.54, 1.807) is 30.3 Å². The number of sulfonamides is 1. The van der Waals surface area contributed by atoms with Crippen molar-refractivity contribution >= 4 is 33.4 Å². The molecule has 2 fully saturated rings. The fraction of sp³-hybridized carbons (Fsp3) is 0.510. The standard InChI is InChI=1S/C51H66N4O11S/c1-4-26-55(67(60,61)40-23-20-38(21-24-40)53-35(3)58)46-33-44(54-66-47-19-11-14-30-62-47)42-31-37(17-9-12-27-56)41(18-10-13-28-57)48-43-32-39(64-50(59)52-34-36-15-7-6-8-16-36)22-25-45(43)65-51(46,49(42)48)63-29-5-2/h5-8,15-16,20-25,31-32,37,41,46-49,56-57H,2,4,9-14,17-19,26-30,33-34H2,1,3H3,(H,52,59)(H,53,58). The molecule has 7 rings (SSSR count). The first-order chi connectivity index (χ1) is 32.5. The minimum atomic E-state index is -4.31. The number of aliphatic hydroxyl groups is 2. The lowest BCUT2D eigenvalue weighted by molar-refractivity contribution is -0.251. The van der Waals surface area contributed by atoms with Gasteiger partial charge in [-0.1, -0.05) is 67.4 Å². The van der Waals surface area contributed by atoms with Gasteiger partial charge in [0.2, 0.25) is 28.0 Å². The summed E-state index contributed by atoms with van der Waals surface area (Å²) in [5, 5.41) is 30.4. The van der Waals surface area contributed by atoms with Gasteiger partial charge in [-0.2, -0.15) is 4.31 Å². The molecule has 15 nitrogen and oxygen atoms in total. The Morgan fingerprint density at radius 2 is 1.76 bits per heavy atom. The van der Waals surface area contributed by atoms with Crippen molar-refractivity contribution in [3.63, 3.8) is 0 Å². The normalized spacial score (nSPS) is 25.0. The van der Waals surface area contributed by atoms with Crippen LogP contribution in [0.4, 0.5) is 10.5 Å². The Morgan fingerprint density at radius 1 is 1.00 bits per heavy atom. The van der Waals surface area contributed by atoms with Crippen LogP contribution >= 0.6 is 0 Å². The summed E-state index contributed by atoms with van der Waals surface area (Å²) < 4.78 is 58.3. The van der Waals surface area contributed by atoms with Gasteiger partial charge in [-0.05, 0) is 110 Å². The molecule has 4 N–H and O–H groups in total. The van der Waals surface area contributed by atoms with Gasteiger partial charge in [0.15, 0.2) is 0 Å². The monoisotopic (exact) mass is 942 g/mol. The number of allylic oxidation sites excluding steroid dienone is 1. The van der Waals surface area contributed by atoms with Crippen LogP contribution in [-0.2, 0) is 35.7 Å². The van der Waals surface area contributed by atoms with Crippen molar-refractivity contribution in [2.24, 2.45) is 22.9 Å². The maximum atomic E-state index is 15.3. The van der Waals surface area contributed by atoms with E-state index in [1.165, 1.54) is 23.4 Å². The summed E-state index contributed by atoms with van der Waals surface area (Å²) in [6.07, 6.45) is 9.70. The third-order valence-electron chi connectivity index (χ3n) is 13.1. The lowest BCUT2D eigenvalue weighted by atomic mass is 9.55. The van der Waals surface area contributed by atoms with Gasteiger partial charge in [-0.15, -0.1) is 6.58 Å². The van der Waals surface area contributed by atoms with E-state index in [4.69, 9.17) is 28.9 Å². The smallest absolute Gasteiger partial charge is 0.412 e. The zero-order valence-corrected chi connectivity index (χ0v) is 39.5. The number of nitrogens with one attached hydrogen (secondary N) is 2. The molecule has 1 saturated heterocycles. The third-order valence-corrected chi connectivity index (χ3v) is 15.0. The number of amides is 2. The molecule has 2 aliphatic heterocycles. The van der Waals surface area contributed by atoms with Crippen LogP contribution in [0, 0.1) is 17.8 Å². The highest BCUT2D eigenvalue weighted by molar-refractivity contribution is 7.89. The number of aliphatic hydroxyl groups excluding tert-OH is 2. The van der Waals surface area contributed by atoms with E-state index in [0.717, 1.165) is 42.4 Å². The van der Waals surface area contributed by atoms with E-state index in [0.29, 0.717) is 68.0 Å². The summed E-state index contributed by atoms with van der Waals surface area (Å²) in [5.41, 5.74) is 3.49. The molecule has 2 amide bonds. The zero-order valence-electron chi connectivity index (χ0n) is 38.6. The topological polar surface area (TPSA) is 195 Å². The average molecular weight is 943 g/mol. The predicted molar refractivity (Wildman–Crippen MR) is 254 cm³/mol. The first-order valence-corrected chi connectivity index (χ1v) is 25.2. The molecule has 0 bridgehead atoms. The molecule has 1 saturated carbocycles. The van der Waals surface area contributed by atoms with Gasteiger partial charge < -0.3 is 44.6 Å². The number of ether oxygens (including phenoxy) is 4. The van der Waals surface area contributed by atoms with E-state index < -0.39 is 46.1 Å². The van der Waals surface area contributed by atoms with Crippen molar-refractivity contribution < 1.29 is 52.0 Å². The Kier molecular flexibility index (Phi) is 17.3. The van der Waals surface area contributed by atoms with Crippen LogP contribution in [0.2, 0.25) is 0 Å². The minimum Gasteiger partial charge on any atom is -0.460 e. The van der Waals surface area contributed by atoms with E-state index >= 15 is 8.42 Å². The van der Waals surface area contributed by atoms with Crippen LogP contribution < -0.4 is 20.1 Å². The molecule has 16 heteroatoms. The molecule has 3 aromatic carbocycles. The number of hydrogen-bond donors (Lipinski definition) is 4. The highest BCUT2D eigenvalue weighted by atomic mass is 32.2. The third kappa shape index (κ3) is 11.6. The van der Waals surface area contributed by atoms with E-state index in [9.17, 15) is 19.8 Å². The number of oxime groups is 1. The number of fused-ring (bicyclic) bond motifs is 2. The Hall–Kier alpha value is -5.10. The van der Waals surface area contributed by atoms with Crippen LogP contribution in [0.3, 0.4) is 0 Å². The first kappa shape index (κ1) is 49.8. The minimum absolute atomic E-state index is 0.0184. The molecule has 0 spiro atoms. The van der Waals surface area contributed by atoms with Crippen molar-refractivity contribution in [2.75, 3.05) is 38.3 Å². The van der Waals surface area contributed by atoms with Crippen molar-refractivity contribution in [3.05, 3.63) is 108 Å². The second-order valence-corrected chi connectivity index (χ2v) is 19.6. The highest BCUT2D eigenvalue weighted by Gasteiger charge is 2.66. The van der Waals surface area contributed by atoms with Crippen molar-refractivity contribution in [3.8, 4) is 11.5 Å². The van der Waals surface area contributed by atoms with Crippen LogP contribution in [0.25, 0.3) is 0 Å². The molecular formula is C51H66N4O11S. The summed E-state index contributed by atoms with van der Waals surface area (Å²) in [7, 11) is -4.31. The highest BCUT2D eigenvalue weighted by Crippen LogP contribution is 2.62. The second kappa shape index (κ2) is 23.3. The van der Waals surface area contributed by atoms with Gasteiger partial charge in [0.1, 0.15) is 11.5 Å². The molecule has 2 heterocycles. The first-order valence-electron chi connectivity index (χ1n) is 23.8. The van der Waals surface area contributed by atoms with Crippen molar-refractivity contribution in [1.29, 1.82) is 0 Å². The number of carbonyl (C=O) groups excluding carboxylic acids is 2. The maximum Gasteiger partial charge on any atom is 0.412 e. The zero-order chi connectivity index (χ0) is 47.4. The quantitative estimate of drug-likeness (QED) is 0.0431. The summed E-state index contributed by atoms with van der Waals surface area (Å²) in [5.74, 6) is -2.43. The molecule has 362 valence electrons. The van der Waals surface area contributed by atoms with Crippen LogP contribution in [0.1, 0.15) is 102 Å². The molecule has 2 aliphatic carbocycles. The number of carbonyl (C=O) groups is 2. The van der Waals surface area contributed by atoms with Gasteiger partial charge in [0, 0.05) is 63.2 Å². The molecule has 7 atom stereocenters. The second-order valence-electron chi connectivity index (χ2n) is 17.7. The van der Waals surface area contributed by atoms with Gasteiger partial charge >= 0.3 is 6.09 Å².